The van der Waals surface area contributed by atoms with E-state index in [4.69, 9.17) is 16.3 Å². The summed E-state index contributed by atoms with van der Waals surface area (Å²) in [7, 11) is 0. The molecule has 2 heterocycles. The van der Waals surface area contributed by atoms with Crippen molar-refractivity contribution in [3.8, 4) is 5.75 Å². The first kappa shape index (κ1) is 28.9. The van der Waals surface area contributed by atoms with E-state index in [1.807, 2.05) is 48.5 Å². The number of halogens is 1. The van der Waals surface area contributed by atoms with E-state index in [9.17, 15) is 14.7 Å². The highest BCUT2D eigenvalue weighted by atomic mass is 35.5. The van der Waals surface area contributed by atoms with Crippen LogP contribution in [-0.2, 0) is 15.3 Å². The molecule has 4 aromatic rings. The van der Waals surface area contributed by atoms with E-state index in [0.29, 0.717) is 44.5 Å². The number of nitrogens with zero attached hydrogens (tertiary/aromatic N) is 3. The lowest BCUT2D eigenvalue weighted by Gasteiger charge is -2.23. The van der Waals surface area contributed by atoms with Crippen molar-refractivity contribution in [3.63, 3.8) is 0 Å². The molecule has 1 aromatic heterocycles. The summed E-state index contributed by atoms with van der Waals surface area (Å²) in [6.07, 6.45) is 0.887. The highest BCUT2D eigenvalue weighted by Crippen LogP contribution is 2.44. The van der Waals surface area contributed by atoms with Crippen molar-refractivity contribution in [2.75, 3.05) is 11.5 Å². The second-order valence-electron chi connectivity index (χ2n) is 9.90. The van der Waals surface area contributed by atoms with E-state index < -0.39 is 17.7 Å². The minimum atomic E-state index is -0.911. The summed E-state index contributed by atoms with van der Waals surface area (Å²) in [5, 5.41) is 20.8. The van der Waals surface area contributed by atoms with E-state index in [-0.39, 0.29) is 16.5 Å². The van der Waals surface area contributed by atoms with Gasteiger partial charge in [-0.25, -0.2) is 0 Å². The average molecular weight is 606 g/mol. The molecule has 3 aromatic carbocycles. The monoisotopic (exact) mass is 605 g/mol. The van der Waals surface area contributed by atoms with Crippen molar-refractivity contribution in [3.05, 3.63) is 106 Å². The van der Waals surface area contributed by atoms with Gasteiger partial charge in [0.2, 0.25) is 5.13 Å². The fraction of sp³-hybridized carbons (Fsp3) is 0.226. The number of anilines is 1. The Morgan fingerprint density at radius 1 is 1.05 bits per heavy atom. The van der Waals surface area contributed by atoms with Gasteiger partial charge in [0.15, 0.2) is 4.34 Å². The first-order chi connectivity index (χ1) is 19.8. The minimum absolute atomic E-state index is 0.00824. The Bertz CT molecular complexity index is 1570. The van der Waals surface area contributed by atoms with Crippen LogP contribution in [-0.4, -0.2) is 33.6 Å². The molecular weight excluding hydrogens is 578 g/mol. The van der Waals surface area contributed by atoms with Gasteiger partial charge in [0.05, 0.1) is 18.2 Å². The normalized spacial score (nSPS) is 16.5. The number of carbonyl (C=O) groups excluding carboxylic acids is 2. The Labute approximate surface area is 251 Å². The van der Waals surface area contributed by atoms with Crippen molar-refractivity contribution in [1.29, 1.82) is 0 Å². The maximum Gasteiger partial charge on any atom is 0.301 e. The van der Waals surface area contributed by atoms with Crippen LogP contribution in [0.3, 0.4) is 0 Å². The number of hydrogen-bond donors (Lipinski definition) is 1. The van der Waals surface area contributed by atoms with Crippen LogP contribution in [0.2, 0.25) is 5.02 Å². The number of hydrogen-bond acceptors (Lipinski definition) is 8. The molecule has 0 spiro atoms. The van der Waals surface area contributed by atoms with Gasteiger partial charge >= 0.3 is 5.91 Å². The van der Waals surface area contributed by atoms with Crippen LogP contribution in [0.1, 0.15) is 43.0 Å². The quantitative estimate of drug-likeness (QED) is 0.0656. The molecule has 7 nitrogen and oxygen atoms in total. The van der Waals surface area contributed by atoms with Gasteiger partial charge in [-0.1, -0.05) is 103 Å². The first-order valence-corrected chi connectivity index (χ1v) is 15.3. The molecule has 41 heavy (non-hydrogen) atoms. The van der Waals surface area contributed by atoms with Crippen LogP contribution in [0.4, 0.5) is 5.13 Å². The van der Waals surface area contributed by atoms with Crippen LogP contribution in [0.15, 0.2) is 88.8 Å². The van der Waals surface area contributed by atoms with Crippen LogP contribution >= 0.6 is 34.7 Å². The zero-order valence-electron chi connectivity index (χ0n) is 22.5. The highest BCUT2D eigenvalue weighted by molar-refractivity contribution is 8.00. The van der Waals surface area contributed by atoms with Crippen molar-refractivity contribution in [2.45, 2.75) is 36.4 Å². The van der Waals surface area contributed by atoms with Gasteiger partial charge < -0.3 is 9.84 Å². The number of rotatable bonds is 10. The van der Waals surface area contributed by atoms with Crippen LogP contribution in [0.5, 0.6) is 5.75 Å². The summed E-state index contributed by atoms with van der Waals surface area (Å²) in [6.45, 7) is 4.79. The Hall–Kier alpha value is -3.66. The summed E-state index contributed by atoms with van der Waals surface area (Å²) in [6, 6.07) is 22.6. The third-order valence-corrected chi connectivity index (χ3v) is 8.89. The van der Waals surface area contributed by atoms with Crippen LogP contribution < -0.4 is 9.64 Å². The van der Waals surface area contributed by atoms with Gasteiger partial charge in [-0.3, -0.25) is 14.5 Å². The Balaban J connectivity index is 1.51. The molecule has 1 saturated heterocycles. The molecule has 10 heteroatoms. The number of ketones is 1. The first-order valence-electron chi connectivity index (χ1n) is 13.1. The molecule has 210 valence electrons. The summed E-state index contributed by atoms with van der Waals surface area (Å²) in [4.78, 5) is 28.3. The fourth-order valence-corrected chi connectivity index (χ4v) is 6.32. The number of Topliss-reactive ketones (excluding diaryl/α,β-unsaturated/α-hetero) is 1. The van der Waals surface area contributed by atoms with E-state index >= 15 is 0 Å². The number of thioether (sulfide) groups is 1. The van der Waals surface area contributed by atoms with Crippen molar-refractivity contribution < 1.29 is 19.4 Å². The smallest absolute Gasteiger partial charge is 0.301 e. The molecule has 5 rings (SSSR count). The maximum absolute atomic E-state index is 13.5. The van der Waals surface area contributed by atoms with Gasteiger partial charge in [0.25, 0.3) is 5.78 Å². The van der Waals surface area contributed by atoms with Gasteiger partial charge in [0.1, 0.15) is 11.5 Å². The third-order valence-electron chi connectivity index (χ3n) is 6.51. The topological polar surface area (TPSA) is 92.6 Å². The fourth-order valence-electron chi connectivity index (χ4n) is 4.37. The molecule has 1 fully saturated rings. The zero-order valence-corrected chi connectivity index (χ0v) is 24.9. The largest absolute Gasteiger partial charge is 0.507 e. The maximum atomic E-state index is 13.5. The van der Waals surface area contributed by atoms with Crippen LogP contribution in [0, 0.1) is 5.92 Å². The summed E-state index contributed by atoms with van der Waals surface area (Å²) in [5.74, 6) is -0.0654. The van der Waals surface area contributed by atoms with Gasteiger partial charge in [-0.15, -0.1) is 10.2 Å². The number of aliphatic hydroxyl groups is 1. The molecule has 1 aliphatic rings. The standard InChI is InChI=1S/C31H28ClN3O4S2/c1-19(2)15-16-39-24-10-6-9-22(17-24)26-25(27(36)21-7-4-3-5-8-21)28(37)29(38)35(26)30-33-34-31(41-30)40-18-20-11-13-23(32)14-12-20/h3-14,17,19,26,36H,15-16,18H2,1-2H3/b27-25+. The Morgan fingerprint density at radius 3 is 2.54 bits per heavy atom. The Kier molecular flexibility index (Phi) is 9.07. The average Bonchev–Trinajstić information content (AvgIpc) is 3.54. The molecule has 1 amide bonds. The molecule has 0 bridgehead atoms. The van der Waals surface area contributed by atoms with E-state index in [2.05, 4.69) is 24.0 Å². The highest BCUT2D eigenvalue weighted by Gasteiger charge is 2.48. The predicted molar refractivity (Wildman–Crippen MR) is 164 cm³/mol. The molecule has 0 radical (unpaired) electrons. The van der Waals surface area contributed by atoms with Gasteiger partial charge in [0, 0.05) is 16.3 Å². The van der Waals surface area contributed by atoms with E-state index in [1.165, 1.54) is 28.0 Å². The predicted octanol–water partition coefficient (Wildman–Crippen LogP) is 7.54. The molecule has 1 aliphatic heterocycles. The SMILES string of the molecule is CC(C)CCOc1cccc(C2/C(=C(\O)c3ccccc3)C(=O)C(=O)N2c2nnc(SCc3ccc(Cl)cc3)s2)c1. The van der Waals surface area contributed by atoms with Crippen molar-refractivity contribution >= 4 is 57.3 Å². The molecular formula is C31H28ClN3O4S2. The third kappa shape index (κ3) is 6.64. The van der Waals surface area contributed by atoms with Gasteiger partial charge in [-0.2, -0.15) is 0 Å². The number of benzene rings is 3. The van der Waals surface area contributed by atoms with Gasteiger partial charge in [-0.05, 0) is 47.7 Å². The van der Waals surface area contributed by atoms with E-state index in [1.54, 1.807) is 30.3 Å². The second kappa shape index (κ2) is 12.9. The molecule has 1 N–H and O–H groups in total. The molecule has 0 saturated carbocycles. The van der Waals surface area contributed by atoms with E-state index in [0.717, 1.165) is 12.0 Å². The second-order valence-corrected chi connectivity index (χ2v) is 12.5. The zero-order chi connectivity index (χ0) is 28.9. The van der Waals surface area contributed by atoms with Crippen molar-refractivity contribution in [1.82, 2.24) is 10.2 Å². The lowest BCUT2D eigenvalue weighted by Crippen LogP contribution is -2.29. The summed E-state index contributed by atoms with van der Waals surface area (Å²) >= 11 is 8.69. The number of amides is 1. The number of carbonyl (C=O) groups is 2. The number of ether oxygens (including phenoxy) is 1. The summed E-state index contributed by atoms with van der Waals surface area (Å²) < 4.78 is 6.62. The lowest BCUT2D eigenvalue weighted by atomic mass is 9.95. The number of aromatic nitrogens is 2. The Morgan fingerprint density at radius 2 is 1.80 bits per heavy atom. The van der Waals surface area contributed by atoms with Crippen molar-refractivity contribution in [2.24, 2.45) is 5.92 Å². The molecule has 0 aliphatic carbocycles. The lowest BCUT2D eigenvalue weighted by molar-refractivity contribution is -0.132. The summed E-state index contributed by atoms with van der Waals surface area (Å²) in [5.41, 5.74) is 2.12. The number of aliphatic hydroxyl groups excluding tert-OH is 1. The van der Waals surface area contributed by atoms with Crippen LogP contribution in [0.25, 0.3) is 5.76 Å². The molecule has 1 atom stereocenters. The minimum Gasteiger partial charge on any atom is -0.507 e. The molecule has 1 unspecified atom stereocenters.